The quantitative estimate of drug-likeness (QED) is 0.893. The largest absolute Gasteiger partial charge is 0.282 e. The van der Waals surface area contributed by atoms with Gasteiger partial charge in [-0.15, -0.1) is 0 Å². The minimum atomic E-state index is -3.38. The average molecular weight is 350 g/mol. The van der Waals surface area contributed by atoms with E-state index in [0.717, 1.165) is 35.5 Å². The lowest BCUT2D eigenvalue weighted by Gasteiger charge is -2.33. The number of rotatable bonds is 4. The summed E-state index contributed by atoms with van der Waals surface area (Å²) in [5, 5.41) is 6.88. The fourth-order valence-corrected chi connectivity index (χ4v) is 4.11. The Kier molecular flexibility index (Phi) is 4.66. The van der Waals surface area contributed by atoms with Gasteiger partial charge in [-0.1, -0.05) is 0 Å². The van der Waals surface area contributed by atoms with Crippen LogP contribution in [0.15, 0.2) is 18.6 Å². The molecule has 130 valence electrons. The molecule has 1 N–H and O–H groups in total. The second kappa shape index (κ2) is 6.58. The van der Waals surface area contributed by atoms with Gasteiger partial charge in [-0.05, 0) is 19.8 Å². The van der Waals surface area contributed by atoms with Gasteiger partial charge < -0.3 is 0 Å². The number of aromatic nitrogens is 4. The molecule has 0 aliphatic carbocycles. The van der Waals surface area contributed by atoms with Crippen LogP contribution in [0, 0.1) is 6.92 Å². The van der Waals surface area contributed by atoms with Crippen LogP contribution in [0.25, 0.3) is 11.3 Å². The van der Waals surface area contributed by atoms with Crippen molar-refractivity contribution < 1.29 is 8.42 Å². The highest BCUT2D eigenvalue weighted by Gasteiger charge is 2.31. The molecule has 0 spiro atoms. The molecule has 0 aromatic carbocycles. The van der Waals surface area contributed by atoms with Crippen molar-refractivity contribution in [1.82, 2.24) is 28.8 Å². The number of nitrogens with one attached hydrogen (secondary N) is 1. The van der Waals surface area contributed by atoms with Gasteiger partial charge in [0, 0.05) is 50.6 Å². The Hall–Kier alpha value is -1.84. The van der Waals surface area contributed by atoms with Gasteiger partial charge >= 0.3 is 0 Å². The molecule has 0 saturated carbocycles. The summed E-state index contributed by atoms with van der Waals surface area (Å²) in [6.45, 7) is 2.93. The molecule has 8 nitrogen and oxygen atoms in total. The van der Waals surface area contributed by atoms with Crippen molar-refractivity contribution in [2.45, 2.75) is 25.7 Å². The first-order chi connectivity index (χ1) is 11.4. The van der Waals surface area contributed by atoms with Crippen LogP contribution in [0.3, 0.4) is 0 Å². The zero-order valence-electron chi connectivity index (χ0n) is 14.1. The molecule has 1 atom stereocenters. The van der Waals surface area contributed by atoms with Crippen molar-refractivity contribution in [3.63, 3.8) is 0 Å². The normalized spacial score (nSPS) is 19.8. The molecule has 2 aromatic rings. The Labute approximate surface area is 142 Å². The van der Waals surface area contributed by atoms with Crippen LogP contribution in [0.5, 0.6) is 0 Å². The topological polar surface area (TPSA) is 95.1 Å². The van der Waals surface area contributed by atoms with E-state index in [1.807, 2.05) is 6.92 Å². The van der Waals surface area contributed by atoms with Gasteiger partial charge in [-0.2, -0.15) is 22.1 Å². The maximum absolute atomic E-state index is 12.3. The zero-order chi connectivity index (χ0) is 17.3. The Morgan fingerprint density at radius 2 is 2.04 bits per heavy atom. The monoisotopic (exact) mass is 350 g/mol. The smallest absolute Gasteiger partial charge is 0.281 e. The van der Waals surface area contributed by atoms with E-state index < -0.39 is 10.2 Å². The van der Waals surface area contributed by atoms with Gasteiger partial charge in [0.05, 0.1) is 23.8 Å². The van der Waals surface area contributed by atoms with Crippen molar-refractivity contribution in [1.29, 1.82) is 0 Å². The van der Waals surface area contributed by atoms with Crippen molar-refractivity contribution in [3.8, 4) is 11.3 Å². The predicted octanol–water partition coefficient (Wildman–Crippen LogP) is 1.16. The molecular formula is C15H22N6O2S. The summed E-state index contributed by atoms with van der Waals surface area (Å²) in [4.78, 5) is 9.00. The lowest BCUT2D eigenvalue weighted by atomic mass is 9.96. The number of H-pyrrole nitrogens is 1. The minimum absolute atomic E-state index is 0.0699. The molecule has 3 rings (SSSR count). The Bertz CT molecular complexity index is 800. The highest BCUT2D eigenvalue weighted by atomic mass is 32.2. The third-order valence-electron chi connectivity index (χ3n) is 4.37. The fourth-order valence-electron chi connectivity index (χ4n) is 2.92. The van der Waals surface area contributed by atoms with Crippen molar-refractivity contribution >= 4 is 10.2 Å². The number of piperidine rings is 1. The Morgan fingerprint density at radius 3 is 2.62 bits per heavy atom. The van der Waals surface area contributed by atoms with Crippen LogP contribution in [0.1, 0.15) is 30.1 Å². The third-order valence-corrected chi connectivity index (χ3v) is 6.27. The summed E-state index contributed by atoms with van der Waals surface area (Å²) in [5.74, 6) is 0.0699. The highest BCUT2D eigenvalue weighted by molar-refractivity contribution is 7.86. The van der Waals surface area contributed by atoms with Crippen LogP contribution in [0.4, 0.5) is 0 Å². The molecule has 0 bridgehead atoms. The van der Waals surface area contributed by atoms with E-state index in [9.17, 15) is 8.42 Å². The third kappa shape index (κ3) is 3.19. The van der Waals surface area contributed by atoms with E-state index in [2.05, 4.69) is 20.2 Å². The van der Waals surface area contributed by atoms with E-state index in [4.69, 9.17) is 0 Å². The number of nitrogens with zero attached hydrogens (tertiary/aromatic N) is 5. The first-order valence-electron chi connectivity index (χ1n) is 7.89. The molecule has 1 fully saturated rings. The molecule has 1 saturated heterocycles. The van der Waals surface area contributed by atoms with Gasteiger partial charge in [-0.25, -0.2) is 0 Å². The van der Waals surface area contributed by atoms with Gasteiger partial charge in [0.1, 0.15) is 0 Å². The van der Waals surface area contributed by atoms with Crippen LogP contribution < -0.4 is 0 Å². The summed E-state index contributed by atoms with van der Waals surface area (Å²) < 4.78 is 27.4. The maximum Gasteiger partial charge on any atom is 0.281 e. The lowest BCUT2D eigenvalue weighted by molar-refractivity contribution is 0.296. The Morgan fingerprint density at radius 1 is 1.25 bits per heavy atom. The number of aromatic amines is 1. The SMILES string of the molecule is Cc1[nH]ncc1-c1cnc([C@@H]2CCCN(S(=O)(=O)N(C)C)C2)cn1. The first-order valence-corrected chi connectivity index (χ1v) is 9.29. The number of hydrogen-bond acceptors (Lipinski definition) is 5. The molecule has 1 aliphatic heterocycles. The number of aryl methyl sites for hydroxylation is 1. The standard InChI is InChI=1S/C15H22N6O2S/c1-11-13(7-18-19-11)15-9-16-14(8-17-15)12-5-4-6-21(10-12)24(22,23)20(2)3/h7-9,12H,4-6,10H2,1-3H3,(H,18,19)/t12-/m1/s1. The Balaban J connectivity index is 1.78. The van der Waals surface area contributed by atoms with E-state index >= 15 is 0 Å². The molecule has 2 aromatic heterocycles. The van der Waals surface area contributed by atoms with Crippen LogP contribution in [-0.2, 0) is 10.2 Å². The average Bonchev–Trinajstić information content (AvgIpc) is 3.01. The summed E-state index contributed by atoms with van der Waals surface area (Å²) in [6, 6.07) is 0. The molecule has 0 amide bonds. The molecule has 0 radical (unpaired) electrons. The molecular weight excluding hydrogens is 328 g/mol. The minimum Gasteiger partial charge on any atom is -0.282 e. The molecule has 9 heteroatoms. The summed E-state index contributed by atoms with van der Waals surface area (Å²) >= 11 is 0. The second-order valence-electron chi connectivity index (χ2n) is 6.22. The van der Waals surface area contributed by atoms with E-state index in [1.54, 1.807) is 32.7 Å². The summed E-state index contributed by atoms with van der Waals surface area (Å²) in [6.07, 6.45) is 6.94. The van der Waals surface area contributed by atoms with Crippen LogP contribution >= 0.6 is 0 Å². The van der Waals surface area contributed by atoms with Crippen molar-refractivity contribution in [3.05, 3.63) is 30.0 Å². The van der Waals surface area contributed by atoms with E-state index in [-0.39, 0.29) is 5.92 Å². The van der Waals surface area contributed by atoms with Crippen molar-refractivity contribution in [2.75, 3.05) is 27.2 Å². The molecule has 3 heterocycles. The second-order valence-corrected chi connectivity index (χ2v) is 8.36. The van der Waals surface area contributed by atoms with Crippen LogP contribution in [0.2, 0.25) is 0 Å². The van der Waals surface area contributed by atoms with Gasteiger partial charge in [-0.3, -0.25) is 15.1 Å². The van der Waals surface area contributed by atoms with Gasteiger partial charge in [0.15, 0.2) is 0 Å². The van der Waals surface area contributed by atoms with Gasteiger partial charge in [0.2, 0.25) is 0 Å². The van der Waals surface area contributed by atoms with E-state index in [1.165, 1.54) is 8.61 Å². The number of hydrogen-bond donors (Lipinski definition) is 1. The van der Waals surface area contributed by atoms with Crippen LogP contribution in [-0.4, -0.2) is 64.4 Å². The maximum atomic E-state index is 12.3. The lowest BCUT2D eigenvalue weighted by Crippen LogP contribution is -2.45. The fraction of sp³-hybridized carbons (Fsp3) is 0.533. The summed E-state index contributed by atoms with van der Waals surface area (Å²) in [7, 11) is -0.271. The predicted molar refractivity (Wildman–Crippen MR) is 90.5 cm³/mol. The highest BCUT2D eigenvalue weighted by Crippen LogP contribution is 2.28. The molecule has 24 heavy (non-hydrogen) atoms. The zero-order valence-corrected chi connectivity index (χ0v) is 14.9. The van der Waals surface area contributed by atoms with Gasteiger partial charge in [0.25, 0.3) is 10.2 Å². The first kappa shape index (κ1) is 17.0. The van der Waals surface area contributed by atoms with Crippen molar-refractivity contribution in [2.24, 2.45) is 0 Å². The van der Waals surface area contributed by atoms with E-state index in [0.29, 0.717) is 13.1 Å². The molecule has 0 unspecified atom stereocenters. The summed E-state index contributed by atoms with van der Waals surface area (Å²) in [5.41, 5.74) is 3.46. The molecule has 1 aliphatic rings.